The Balaban J connectivity index is 2.09. The highest BCUT2D eigenvalue weighted by Gasteiger charge is 2.24. The van der Waals surface area contributed by atoms with E-state index < -0.39 is 5.92 Å². The third kappa shape index (κ3) is 3.54. The van der Waals surface area contributed by atoms with Gasteiger partial charge in [0.1, 0.15) is 18.3 Å². The van der Waals surface area contributed by atoms with Crippen LogP contribution in [0, 0.1) is 6.92 Å². The highest BCUT2D eigenvalue weighted by atomic mass is 32.1. The summed E-state index contributed by atoms with van der Waals surface area (Å²) in [4.78, 5) is 17.9. The van der Waals surface area contributed by atoms with E-state index in [9.17, 15) is 4.79 Å². The van der Waals surface area contributed by atoms with E-state index in [1.807, 2.05) is 19.1 Å². The van der Waals surface area contributed by atoms with Gasteiger partial charge in [-0.3, -0.25) is 9.78 Å². The number of hydrogen-bond donors (Lipinski definition) is 0. The average Bonchev–Trinajstić information content (AvgIpc) is 2.86. The zero-order chi connectivity index (χ0) is 13.7. The van der Waals surface area contributed by atoms with Crippen molar-refractivity contribution in [2.45, 2.75) is 12.8 Å². The number of aryl methyl sites for hydroxylation is 1. The summed E-state index contributed by atoms with van der Waals surface area (Å²) in [6.45, 7) is 2.25. The van der Waals surface area contributed by atoms with E-state index in [-0.39, 0.29) is 12.6 Å². The predicted molar refractivity (Wildman–Crippen MR) is 73.5 cm³/mol. The number of esters is 1. The maximum absolute atomic E-state index is 11.8. The second-order valence-electron chi connectivity index (χ2n) is 4.02. The molecule has 19 heavy (non-hydrogen) atoms. The van der Waals surface area contributed by atoms with Crippen LogP contribution in [0.5, 0.6) is 5.75 Å². The third-order valence-electron chi connectivity index (χ3n) is 2.64. The minimum Gasteiger partial charge on any atom is -0.491 e. The Labute approximate surface area is 116 Å². The van der Waals surface area contributed by atoms with Gasteiger partial charge in [-0.2, -0.15) is 0 Å². The Bertz CT molecular complexity index is 539. The van der Waals surface area contributed by atoms with Crippen molar-refractivity contribution in [3.63, 3.8) is 0 Å². The number of ether oxygens (including phenoxy) is 2. The molecule has 4 nitrogen and oxygen atoms in total. The lowest BCUT2D eigenvalue weighted by Crippen LogP contribution is -2.20. The van der Waals surface area contributed by atoms with E-state index in [0.717, 1.165) is 9.75 Å². The monoisotopic (exact) mass is 277 g/mol. The number of carbonyl (C=O) groups is 1. The fourth-order valence-electron chi connectivity index (χ4n) is 1.66. The summed E-state index contributed by atoms with van der Waals surface area (Å²) in [5.41, 5.74) is 0. The van der Waals surface area contributed by atoms with Gasteiger partial charge in [0, 0.05) is 16.0 Å². The molecule has 0 spiro atoms. The maximum atomic E-state index is 11.8. The van der Waals surface area contributed by atoms with Crippen LogP contribution in [-0.4, -0.2) is 24.7 Å². The Morgan fingerprint density at radius 3 is 2.84 bits per heavy atom. The number of nitrogens with zero attached hydrogens (tertiary/aromatic N) is 1. The summed E-state index contributed by atoms with van der Waals surface area (Å²) in [6.07, 6.45) is 3.29. The highest BCUT2D eigenvalue weighted by Crippen LogP contribution is 2.26. The Kier molecular flexibility index (Phi) is 4.52. The van der Waals surface area contributed by atoms with E-state index in [0.29, 0.717) is 5.75 Å². The predicted octanol–water partition coefficient (Wildman–Crippen LogP) is 2.79. The number of aromatic nitrogens is 1. The van der Waals surface area contributed by atoms with Crippen molar-refractivity contribution in [3.8, 4) is 5.75 Å². The topological polar surface area (TPSA) is 48.4 Å². The summed E-state index contributed by atoms with van der Waals surface area (Å²) < 4.78 is 10.4. The molecule has 2 aromatic heterocycles. The van der Waals surface area contributed by atoms with E-state index in [2.05, 4.69) is 4.98 Å². The van der Waals surface area contributed by atoms with Crippen molar-refractivity contribution in [1.29, 1.82) is 0 Å². The molecule has 1 atom stereocenters. The second-order valence-corrected chi connectivity index (χ2v) is 5.34. The molecule has 2 heterocycles. The summed E-state index contributed by atoms with van der Waals surface area (Å²) in [7, 11) is 1.39. The van der Waals surface area contributed by atoms with E-state index in [1.54, 1.807) is 35.9 Å². The summed E-state index contributed by atoms with van der Waals surface area (Å²) in [6, 6.07) is 7.52. The minimum absolute atomic E-state index is 0.248. The first-order chi connectivity index (χ1) is 9.20. The SMILES string of the molecule is COC(=O)C(COc1cccnc1)c1ccc(C)s1. The van der Waals surface area contributed by atoms with Crippen molar-refractivity contribution >= 4 is 17.3 Å². The van der Waals surface area contributed by atoms with Crippen LogP contribution in [0.2, 0.25) is 0 Å². The Morgan fingerprint density at radius 2 is 2.26 bits per heavy atom. The normalized spacial score (nSPS) is 11.9. The fourth-order valence-corrected chi connectivity index (χ4v) is 2.61. The number of pyridine rings is 1. The molecule has 5 heteroatoms. The third-order valence-corrected chi connectivity index (χ3v) is 3.76. The van der Waals surface area contributed by atoms with Gasteiger partial charge in [0.25, 0.3) is 0 Å². The first-order valence-corrected chi connectivity index (χ1v) is 6.69. The molecule has 0 radical (unpaired) electrons. The molecule has 0 saturated heterocycles. The molecule has 2 rings (SSSR count). The lowest BCUT2D eigenvalue weighted by Gasteiger charge is -2.14. The van der Waals surface area contributed by atoms with Gasteiger partial charge in [0.15, 0.2) is 0 Å². The molecule has 0 N–H and O–H groups in total. The van der Waals surface area contributed by atoms with Crippen LogP contribution in [0.25, 0.3) is 0 Å². The first-order valence-electron chi connectivity index (χ1n) is 5.87. The van der Waals surface area contributed by atoms with E-state index in [4.69, 9.17) is 9.47 Å². The minimum atomic E-state index is -0.399. The number of carbonyl (C=O) groups excluding carboxylic acids is 1. The van der Waals surface area contributed by atoms with Crippen molar-refractivity contribution in [2.24, 2.45) is 0 Å². The molecule has 0 saturated carbocycles. The highest BCUT2D eigenvalue weighted by molar-refractivity contribution is 7.12. The van der Waals surface area contributed by atoms with Crippen LogP contribution in [-0.2, 0) is 9.53 Å². The summed E-state index contributed by atoms with van der Waals surface area (Å²) in [5.74, 6) is -0.0423. The Hall–Kier alpha value is -1.88. The molecule has 0 amide bonds. The van der Waals surface area contributed by atoms with Crippen molar-refractivity contribution in [3.05, 3.63) is 46.4 Å². The van der Waals surface area contributed by atoms with Crippen LogP contribution in [0.1, 0.15) is 15.7 Å². The van der Waals surface area contributed by atoms with Gasteiger partial charge in [0.2, 0.25) is 0 Å². The zero-order valence-electron chi connectivity index (χ0n) is 10.8. The smallest absolute Gasteiger partial charge is 0.317 e. The molecular formula is C14H15NO3S. The lowest BCUT2D eigenvalue weighted by molar-refractivity contribution is -0.143. The standard InChI is InChI=1S/C14H15NO3S/c1-10-5-6-13(19-10)12(14(16)17-2)9-18-11-4-3-7-15-8-11/h3-8,12H,9H2,1-2H3. The number of methoxy groups -OCH3 is 1. The summed E-state index contributed by atoms with van der Waals surface area (Å²) in [5, 5.41) is 0. The van der Waals surface area contributed by atoms with Crippen molar-refractivity contribution < 1.29 is 14.3 Å². The average molecular weight is 277 g/mol. The van der Waals surface area contributed by atoms with Crippen LogP contribution in [0.4, 0.5) is 0 Å². The number of thiophene rings is 1. The van der Waals surface area contributed by atoms with Gasteiger partial charge >= 0.3 is 5.97 Å². The molecular weight excluding hydrogens is 262 g/mol. The van der Waals surface area contributed by atoms with Crippen molar-refractivity contribution in [2.75, 3.05) is 13.7 Å². The van der Waals surface area contributed by atoms with Gasteiger partial charge < -0.3 is 9.47 Å². The number of hydrogen-bond acceptors (Lipinski definition) is 5. The number of rotatable bonds is 5. The summed E-state index contributed by atoms with van der Waals surface area (Å²) >= 11 is 1.58. The Morgan fingerprint density at radius 1 is 1.42 bits per heavy atom. The molecule has 0 aliphatic heterocycles. The van der Waals surface area contributed by atoms with Crippen LogP contribution in [0.3, 0.4) is 0 Å². The largest absolute Gasteiger partial charge is 0.491 e. The van der Waals surface area contributed by atoms with Crippen LogP contribution >= 0.6 is 11.3 Å². The molecule has 0 aliphatic carbocycles. The lowest BCUT2D eigenvalue weighted by atomic mass is 10.1. The molecule has 0 bridgehead atoms. The quantitative estimate of drug-likeness (QED) is 0.788. The van der Waals surface area contributed by atoms with Gasteiger partial charge in [-0.1, -0.05) is 0 Å². The molecule has 100 valence electrons. The van der Waals surface area contributed by atoms with Gasteiger partial charge in [0.05, 0.1) is 13.3 Å². The first kappa shape index (κ1) is 13.5. The van der Waals surface area contributed by atoms with Crippen LogP contribution in [0.15, 0.2) is 36.7 Å². The molecule has 0 fully saturated rings. The van der Waals surface area contributed by atoms with Crippen molar-refractivity contribution in [1.82, 2.24) is 4.98 Å². The fraction of sp³-hybridized carbons (Fsp3) is 0.286. The maximum Gasteiger partial charge on any atom is 0.317 e. The molecule has 0 aliphatic rings. The van der Waals surface area contributed by atoms with Gasteiger partial charge in [-0.05, 0) is 31.2 Å². The van der Waals surface area contributed by atoms with E-state index >= 15 is 0 Å². The second kappa shape index (κ2) is 6.33. The molecule has 0 aromatic carbocycles. The van der Waals surface area contributed by atoms with Gasteiger partial charge in [-0.15, -0.1) is 11.3 Å². The van der Waals surface area contributed by atoms with Gasteiger partial charge in [-0.25, -0.2) is 0 Å². The molecule has 2 aromatic rings. The zero-order valence-corrected chi connectivity index (χ0v) is 11.6. The van der Waals surface area contributed by atoms with E-state index in [1.165, 1.54) is 7.11 Å². The van der Waals surface area contributed by atoms with Crippen LogP contribution < -0.4 is 4.74 Å². The molecule has 1 unspecified atom stereocenters.